The Bertz CT molecular complexity index is 358. The molecule has 0 saturated heterocycles. The van der Waals surface area contributed by atoms with Crippen LogP contribution in [0.25, 0.3) is 6.08 Å². The Morgan fingerprint density at radius 1 is 1.31 bits per heavy atom. The molecule has 0 fully saturated rings. The average molecular weight is 232 g/mol. The molecule has 5 heteroatoms. The summed E-state index contributed by atoms with van der Waals surface area (Å²) in [4.78, 5) is 0. The lowest BCUT2D eigenvalue weighted by Crippen LogP contribution is -2.17. The summed E-state index contributed by atoms with van der Waals surface area (Å²) in [5.41, 5.74) is 0.624. The Morgan fingerprint density at radius 2 is 2.06 bits per heavy atom. The Balaban J connectivity index is 2.71. The van der Waals surface area contributed by atoms with Crippen LogP contribution in [0.4, 0.5) is 13.2 Å². The Morgan fingerprint density at radius 3 is 2.69 bits per heavy atom. The van der Waals surface area contributed by atoms with Crippen LogP contribution in [0, 0.1) is 0 Å². The molecule has 1 rings (SSSR count). The van der Waals surface area contributed by atoms with Crippen molar-refractivity contribution in [3.05, 3.63) is 35.9 Å². The van der Waals surface area contributed by atoms with E-state index in [1.807, 2.05) is 0 Å². The van der Waals surface area contributed by atoms with Crippen LogP contribution in [-0.2, 0) is 4.74 Å². The predicted molar refractivity (Wildman–Crippen MR) is 54.0 cm³/mol. The minimum Gasteiger partial charge on any atom is -0.406 e. The largest absolute Gasteiger partial charge is 0.573 e. The van der Waals surface area contributed by atoms with Gasteiger partial charge in [0.25, 0.3) is 0 Å². The van der Waals surface area contributed by atoms with E-state index in [0.29, 0.717) is 12.2 Å². The standard InChI is InChI=1S/C11H11F3O2/c1-15-7-3-5-9-4-2-6-10(8-9)16-11(12,13)14/h2-6,8H,7H2,1H3/b5-3+. The lowest BCUT2D eigenvalue weighted by Gasteiger charge is -2.08. The molecule has 0 aromatic heterocycles. The predicted octanol–water partition coefficient (Wildman–Crippen LogP) is 3.24. The fourth-order valence-corrected chi connectivity index (χ4v) is 1.10. The second-order valence-corrected chi connectivity index (χ2v) is 2.98. The van der Waals surface area contributed by atoms with E-state index in [1.54, 1.807) is 18.2 Å². The van der Waals surface area contributed by atoms with E-state index in [4.69, 9.17) is 4.74 Å². The fraction of sp³-hybridized carbons (Fsp3) is 0.273. The monoisotopic (exact) mass is 232 g/mol. The number of methoxy groups -OCH3 is 1. The molecular formula is C11H11F3O2. The first-order valence-electron chi connectivity index (χ1n) is 4.52. The molecule has 0 saturated carbocycles. The number of hydrogen-bond acceptors (Lipinski definition) is 2. The number of alkyl halides is 3. The van der Waals surface area contributed by atoms with Gasteiger partial charge in [0.15, 0.2) is 0 Å². The van der Waals surface area contributed by atoms with Crippen molar-refractivity contribution >= 4 is 6.08 Å². The van der Waals surface area contributed by atoms with Crippen LogP contribution >= 0.6 is 0 Å². The zero-order valence-electron chi connectivity index (χ0n) is 8.62. The maximum Gasteiger partial charge on any atom is 0.573 e. The SMILES string of the molecule is COC/C=C/c1cccc(OC(F)(F)F)c1. The molecule has 0 atom stereocenters. The fourth-order valence-electron chi connectivity index (χ4n) is 1.10. The average Bonchev–Trinajstić information content (AvgIpc) is 2.16. The van der Waals surface area contributed by atoms with Gasteiger partial charge in [0.1, 0.15) is 5.75 Å². The van der Waals surface area contributed by atoms with Crippen molar-refractivity contribution in [1.29, 1.82) is 0 Å². The molecule has 0 radical (unpaired) electrons. The van der Waals surface area contributed by atoms with Crippen LogP contribution in [0.15, 0.2) is 30.3 Å². The van der Waals surface area contributed by atoms with Crippen molar-refractivity contribution in [1.82, 2.24) is 0 Å². The zero-order valence-corrected chi connectivity index (χ0v) is 8.62. The molecule has 0 aliphatic carbocycles. The van der Waals surface area contributed by atoms with Gasteiger partial charge in [-0.25, -0.2) is 0 Å². The summed E-state index contributed by atoms with van der Waals surface area (Å²) in [6, 6.07) is 5.73. The number of halogens is 3. The highest BCUT2D eigenvalue weighted by Crippen LogP contribution is 2.23. The van der Waals surface area contributed by atoms with Crippen LogP contribution in [0.1, 0.15) is 5.56 Å². The van der Waals surface area contributed by atoms with E-state index in [-0.39, 0.29) is 5.75 Å². The van der Waals surface area contributed by atoms with Crippen molar-refractivity contribution in [3.63, 3.8) is 0 Å². The highest BCUT2D eigenvalue weighted by molar-refractivity contribution is 5.51. The van der Waals surface area contributed by atoms with Gasteiger partial charge in [0, 0.05) is 7.11 Å². The van der Waals surface area contributed by atoms with Gasteiger partial charge in [-0.1, -0.05) is 24.3 Å². The highest BCUT2D eigenvalue weighted by atomic mass is 19.4. The first-order chi connectivity index (χ1) is 7.51. The van der Waals surface area contributed by atoms with Crippen LogP contribution in [0.3, 0.4) is 0 Å². The van der Waals surface area contributed by atoms with E-state index in [0.717, 1.165) is 0 Å². The summed E-state index contributed by atoms with van der Waals surface area (Å²) in [6.45, 7) is 0.407. The summed E-state index contributed by atoms with van der Waals surface area (Å²) >= 11 is 0. The molecule has 0 amide bonds. The molecule has 0 aliphatic heterocycles. The molecular weight excluding hydrogens is 221 g/mol. The molecule has 1 aromatic rings. The van der Waals surface area contributed by atoms with E-state index in [2.05, 4.69) is 4.74 Å². The van der Waals surface area contributed by atoms with Crippen LogP contribution in [-0.4, -0.2) is 20.1 Å². The molecule has 1 aromatic carbocycles. The van der Waals surface area contributed by atoms with Gasteiger partial charge in [0.2, 0.25) is 0 Å². The molecule has 16 heavy (non-hydrogen) atoms. The van der Waals surface area contributed by atoms with Crippen molar-refractivity contribution in [2.45, 2.75) is 6.36 Å². The lowest BCUT2D eigenvalue weighted by molar-refractivity contribution is -0.274. The Kier molecular flexibility index (Phi) is 4.37. The molecule has 88 valence electrons. The third-order valence-corrected chi connectivity index (χ3v) is 1.66. The van der Waals surface area contributed by atoms with Gasteiger partial charge in [-0.15, -0.1) is 13.2 Å². The molecule has 0 unspecified atom stereocenters. The van der Waals surface area contributed by atoms with Crippen molar-refractivity contribution in [2.75, 3.05) is 13.7 Å². The smallest absolute Gasteiger partial charge is 0.406 e. The molecule has 0 N–H and O–H groups in total. The summed E-state index contributed by atoms with van der Waals surface area (Å²) in [6.07, 6.45) is -1.30. The van der Waals surface area contributed by atoms with Gasteiger partial charge in [-0.3, -0.25) is 0 Å². The van der Waals surface area contributed by atoms with Gasteiger partial charge < -0.3 is 9.47 Å². The van der Waals surface area contributed by atoms with Crippen molar-refractivity contribution in [3.8, 4) is 5.75 Å². The Hall–Kier alpha value is -1.49. The minimum atomic E-state index is -4.66. The quantitative estimate of drug-likeness (QED) is 0.793. The summed E-state index contributed by atoms with van der Waals surface area (Å²) in [7, 11) is 1.54. The van der Waals surface area contributed by atoms with E-state index in [9.17, 15) is 13.2 Å². The van der Waals surface area contributed by atoms with Gasteiger partial charge in [0.05, 0.1) is 6.61 Å². The van der Waals surface area contributed by atoms with E-state index >= 15 is 0 Å². The normalized spacial score (nSPS) is 12.0. The third kappa shape index (κ3) is 4.84. The lowest BCUT2D eigenvalue weighted by atomic mass is 10.2. The van der Waals surface area contributed by atoms with Crippen molar-refractivity contribution < 1.29 is 22.6 Å². The topological polar surface area (TPSA) is 18.5 Å². The Labute approximate surface area is 91.3 Å². The number of hydrogen-bond donors (Lipinski definition) is 0. The van der Waals surface area contributed by atoms with Gasteiger partial charge >= 0.3 is 6.36 Å². The second kappa shape index (κ2) is 5.55. The molecule has 2 nitrogen and oxygen atoms in total. The van der Waals surface area contributed by atoms with Gasteiger partial charge in [-0.2, -0.15) is 0 Å². The second-order valence-electron chi connectivity index (χ2n) is 2.98. The summed E-state index contributed by atoms with van der Waals surface area (Å²) < 4.78 is 44.3. The summed E-state index contributed by atoms with van der Waals surface area (Å²) in [5.74, 6) is -0.230. The van der Waals surface area contributed by atoms with E-state index in [1.165, 1.54) is 25.3 Å². The first-order valence-corrected chi connectivity index (χ1v) is 4.52. The molecule has 0 bridgehead atoms. The van der Waals surface area contributed by atoms with E-state index < -0.39 is 6.36 Å². The number of rotatable bonds is 4. The maximum atomic E-state index is 11.9. The van der Waals surface area contributed by atoms with Gasteiger partial charge in [-0.05, 0) is 17.7 Å². The third-order valence-electron chi connectivity index (χ3n) is 1.66. The van der Waals surface area contributed by atoms with Crippen molar-refractivity contribution in [2.24, 2.45) is 0 Å². The van der Waals surface area contributed by atoms with Crippen LogP contribution in [0.2, 0.25) is 0 Å². The zero-order chi connectivity index (χ0) is 12.0. The molecule has 0 spiro atoms. The minimum absolute atomic E-state index is 0.230. The summed E-state index contributed by atoms with van der Waals surface area (Å²) in [5, 5.41) is 0. The first kappa shape index (κ1) is 12.6. The maximum absolute atomic E-state index is 11.9. The molecule has 0 heterocycles. The number of ether oxygens (including phenoxy) is 2. The van der Waals surface area contributed by atoms with Crippen LogP contribution in [0.5, 0.6) is 5.75 Å². The highest BCUT2D eigenvalue weighted by Gasteiger charge is 2.30. The molecule has 0 aliphatic rings. The number of benzene rings is 1. The van der Waals surface area contributed by atoms with Crippen LogP contribution < -0.4 is 4.74 Å².